The second kappa shape index (κ2) is 7.24. The zero-order valence-electron chi connectivity index (χ0n) is 19.5. The summed E-state index contributed by atoms with van der Waals surface area (Å²) < 4.78 is 25.0. The van der Waals surface area contributed by atoms with Crippen LogP contribution in [0.15, 0.2) is 61.1 Å². The average molecular weight is 465 g/mol. The summed E-state index contributed by atoms with van der Waals surface area (Å²) in [6.07, 6.45) is 3.82. The molecule has 0 amide bonds. The number of ether oxygens (including phenoxy) is 4. The molecule has 3 heterocycles. The summed E-state index contributed by atoms with van der Waals surface area (Å²) in [5.74, 6) is 2.93. The summed E-state index contributed by atoms with van der Waals surface area (Å²) in [4.78, 5) is 7.67. The van der Waals surface area contributed by atoms with Crippen molar-refractivity contribution in [2.24, 2.45) is 7.05 Å². The van der Waals surface area contributed by atoms with Crippen LogP contribution in [0.3, 0.4) is 0 Å². The van der Waals surface area contributed by atoms with Gasteiger partial charge in [-0.1, -0.05) is 6.07 Å². The average Bonchev–Trinajstić information content (AvgIpc) is 3.54. The molecule has 35 heavy (non-hydrogen) atoms. The Bertz CT molecular complexity index is 1820. The monoisotopic (exact) mass is 464 g/mol. The molecule has 7 rings (SSSR count). The van der Waals surface area contributed by atoms with E-state index in [4.69, 9.17) is 18.9 Å². The van der Waals surface area contributed by atoms with Crippen molar-refractivity contribution in [3.05, 3.63) is 61.1 Å². The fourth-order valence-electron chi connectivity index (χ4n) is 5.29. The Kier molecular flexibility index (Phi) is 4.12. The molecule has 0 saturated carbocycles. The number of aryl methyl sites for hydroxylation is 1. The quantitative estimate of drug-likeness (QED) is 0.286. The van der Waals surface area contributed by atoms with Crippen LogP contribution in [0.5, 0.6) is 23.0 Å². The van der Waals surface area contributed by atoms with Gasteiger partial charge in [0.15, 0.2) is 29.2 Å². The lowest BCUT2D eigenvalue weighted by Gasteiger charge is -2.15. The van der Waals surface area contributed by atoms with Crippen LogP contribution in [0.4, 0.5) is 0 Å². The third-order valence-electron chi connectivity index (χ3n) is 6.87. The van der Waals surface area contributed by atoms with E-state index < -0.39 is 0 Å². The number of hydrogen-bond donors (Lipinski definition) is 1. The highest BCUT2D eigenvalue weighted by atomic mass is 16.7. The summed E-state index contributed by atoms with van der Waals surface area (Å²) in [6.45, 7) is 0.234. The van der Waals surface area contributed by atoms with Crippen LogP contribution >= 0.6 is 0 Å². The Labute approximate surface area is 200 Å². The predicted molar refractivity (Wildman–Crippen MR) is 134 cm³/mol. The Hall–Kier alpha value is -4.52. The number of aromatic nitrogens is 3. The van der Waals surface area contributed by atoms with E-state index >= 15 is 0 Å². The molecule has 1 aliphatic heterocycles. The van der Waals surface area contributed by atoms with Gasteiger partial charge in [0.2, 0.25) is 12.3 Å². The number of nitrogens with zero attached hydrogens (tertiary/aromatic N) is 2. The van der Waals surface area contributed by atoms with Gasteiger partial charge in [0.05, 0.1) is 47.7 Å². The Morgan fingerprint density at radius 1 is 0.914 bits per heavy atom. The van der Waals surface area contributed by atoms with Crippen molar-refractivity contribution in [2.45, 2.75) is 0 Å². The molecule has 2 aromatic heterocycles. The van der Waals surface area contributed by atoms with Gasteiger partial charge >= 0.3 is 0 Å². The van der Waals surface area contributed by atoms with Crippen molar-refractivity contribution in [2.75, 3.05) is 21.0 Å². The molecule has 7 nitrogen and oxygen atoms in total. The van der Waals surface area contributed by atoms with E-state index in [9.17, 15) is 0 Å². The highest BCUT2D eigenvalue weighted by molar-refractivity contribution is 6.21. The molecule has 1 aliphatic rings. The van der Waals surface area contributed by atoms with Crippen molar-refractivity contribution >= 4 is 43.5 Å². The SMILES string of the molecule is COc1ccc2c(c[n+](C)c3c4cc5c(cc4cc(-c4ccc6[nH]cnc6c4)c23)OCO5)c1OC. The van der Waals surface area contributed by atoms with Crippen molar-refractivity contribution in [1.82, 2.24) is 9.97 Å². The number of fused-ring (bicyclic) bond motifs is 7. The van der Waals surface area contributed by atoms with Gasteiger partial charge in [0, 0.05) is 5.39 Å². The molecule has 0 fully saturated rings. The Balaban J connectivity index is 1.70. The maximum Gasteiger partial charge on any atom is 0.231 e. The minimum Gasteiger partial charge on any atom is -0.493 e. The highest BCUT2D eigenvalue weighted by Gasteiger charge is 2.25. The largest absolute Gasteiger partial charge is 0.493 e. The second-order valence-corrected chi connectivity index (χ2v) is 8.71. The van der Waals surface area contributed by atoms with E-state index in [0.717, 1.165) is 66.1 Å². The van der Waals surface area contributed by atoms with Crippen LogP contribution in [0.2, 0.25) is 0 Å². The fourth-order valence-corrected chi connectivity index (χ4v) is 5.29. The van der Waals surface area contributed by atoms with Crippen LogP contribution in [-0.4, -0.2) is 31.0 Å². The van der Waals surface area contributed by atoms with E-state index in [2.05, 4.69) is 70.2 Å². The molecule has 172 valence electrons. The number of benzene rings is 4. The highest BCUT2D eigenvalue weighted by Crippen LogP contribution is 2.45. The molecule has 0 atom stereocenters. The van der Waals surface area contributed by atoms with Crippen LogP contribution < -0.4 is 23.5 Å². The maximum atomic E-state index is 5.81. The summed E-state index contributed by atoms with van der Waals surface area (Å²) in [5.41, 5.74) is 5.20. The summed E-state index contributed by atoms with van der Waals surface area (Å²) >= 11 is 0. The van der Waals surface area contributed by atoms with Gasteiger partial charge in [-0.3, -0.25) is 0 Å². The van der Waals surface area contributed by atoms with E-state index in [0.29, 0.717) is 11.5 Å². The first-order valence-corrected chi connectivity index (χ1v) is 11.3. The van der Waals surface area contributed by atoms with Gasteiger partial charge in [-0.25, -0.2) is 4.98 Å². The van der Waals surface area contributed by atoms with Crippen molar-refractivity contribution in [3.63, 3.8) is 0 Å². The molecular weight excluding hydrogens is 442 g/mol. The first-order chi connectivity index (χ1) is 17.2. The van der Waals surface area contributed by atoms with Gasteiger partial charge in [0.1, 0.15) is 7.05 Å². The lowest BCUT2D eigenvalue weighted by molar-refractivity contribution is -0.642. The number of hydrogen-bond acceptors (Lipinski definition) is 5. The van der Waals surface area contributed by atoms with E-state index in [-0.39, 0.29) is 6.79 Å². The standard InChI is InChI=1S/C28H21N3O4/c1-31-12-20-17(5-7-23(32-2)28(20)33-3)26-18(15-4-6-21-22(9-15)30-13-29-21)8-16-10-24-25(35-14-34-24)11-19(16)27(26)31/h4-13H,14H2,1-3H3/p+1. The Morgan fingerprint density at radius 3 is 2.60 bits per heavy atom. The summed E-state index contributed by atoms with van der Waals surface area (Å²) in [6, 6.07) is 16.8. The number of methoxy groups -OCH3 is 2. The molecule has 0 radical (unpaired) electrons. The number of imidazole rings is 1. The molecule has 0 spiro atoms. The minimum atomic E-state index is 0.234. The van der Waals surface area contributed by atoms with Crippen molar-refractivity contribution in [1.29, 1.82) is 0 Å². The van der Waals surface area contributed by atoms with Gasteiger partial charge in [0.25, 0.3) is 0 Å². The number of aromatic amines is 1. The zero-order valence-corrected chi connectivity index (χ0v) is 19.5. The van der Waals surface area contributed by atoms with Crippen molar-refractivity contribution in [3.8, 4) is 34.1 Å². The van der Waals surface area contributed by atoms with Crippen LogP contribution in [0.25, 0.3) is 54.6 Å². The molecule has 0 bridgehead atoms. The first-order valence-electron chi connectivity index (χ1n) is 11.3. The number of rotatable bonds is 3. The second-order valence-electron chi connectivity index (χ2n) is 8.71. The molecule has 7 heteroatoms. The topological polar surface area (TPSA) is 69.5 Å². The summed E-state index contributed by atoms with van der Waals surface area (Å²) in [5, 5.41) is 5.34. The molecule has 0 saturated heterocycles. The van der Waals surface area contributed by atoms with Crippen LogP contribution in [0, 0.1) is 0 Å². The molecule has 6 aromatic rings. The minimum absolute atomic E-state index is 0.234. The maximum absolute atomic E-state index is 5.81. The van der Waals surface area contributed by atoms with Gasteiger partial charge < -0.3 is 23.9 Å². The van der Waals surface area contributed by atoms with Crippen molar-refractivity contribution < 1.29 is 23.5 Å². The molecule has 4 aromatic carbocycles. The normalized spacial score (nSPS) is 12.8. The van der Waals surface area contributed by atoms with E-state index in [1.54, 1.807) is 20.5 Å². The molecule has 0 aliphatic carbocycles. The first kappa shape index (κ1) is 19.9. The predicted octanol–water partition coefficient (Wildman–Crippen LogP) is 5.26. The smallest absolute Gasteiger partial charge is 0.231 e. The number of H-pyrrole nitrogens is 1. The van der Waals surface area contributed by atoms with Crippen LogP contribution in [-0.2, 0) is 7.05 Å². The zero-order chi connectivity index (χ0) is 23.7. The lowest BCUT2D eigenvalue weighted by atomic mass is 9.92. The van der Waals surface area contributed by atoms with Gasteiger partial charge in [-0.15, -0.1) is 0 Å². The van der Waals surface area contributed by atoms with E-state index in [1.165, 1.54) is 0 Å². The molecular formula is C28H22N3O4+. The lowest BCUT2D eigenvalue weighted by Crippen LogP contribution is -2.29. The summed E-state index contributed by atoms with van der Waals surface area (Å²) in [7, 11) is 5.39. The number of nitrogens with one attached hydrogen (secondary N) is 1. The molecule has 1 N–H and O–H groups in total. The third-order valence-corrected chi connectivity index (χ3v) is 6.87. The third kappa shape index (κ3) is 2.78. The molecule has 0 unspecified atom stereocenters. The van der Waals surface area contributed by atoms with Gasteiger partial charge in [-0.2, -0.15) is 4.57 Å². The van der Waals surface area contributed by atoms with E-state index in [1.807, 2.05) is 6.07 Å². The van der Waals surface area contributed by atoms with Crippen LogP contribution in [0.1, 0.15) is 0 Å². The number of pyridine rings is 1. The Morgan fingerprint density at radius 2 is 1.77 bits per heavy atom. The fraction of sp³-hybridized carbons (Fsp3) is 0.143. The van der Waals surface area contributed by atoms with Gasteiger partial charge in [-0.05, 0) is 59.0 Å².